The maximum Gasteiger partial charge on any atom is 0.387 e. The van der Waals surface area contributed by atoms with E-state index in [9.17, 15) is 23.8 Å². The first-order valence-electron chi connectivity index (χ1n) is 12.7. The highest BCUT2D eigenvalue weighted by atomic mass is 19.3. The van der Waals surface area contributed by atoms with Gasteiger partial charge >= 0.3 is 12.6 Å². The highest BCUT2D eigenvalue weighted by Gasteiger charge is 2.29. The minimum absolute atomic E-state index is 0.0327. The van der Waals surface area contributed by atoms with Gasteiger partial charge < -0.3 is 25.2 Å². The Morgan fingerprint density at radius 1 is 1.14 bits per heavy atom. The summed E-state index contributed by atoms with van der Waals surface area (Å²) in [6, 6.07) is 12.6. The molecule has 0 saturated heterocycles. The number of carbonyl (C=O) groups is 1. The van der Waals surface area contributed by atoms with Crippen LogP contribution in [-0.2, 0) is 4.79 Å². The lowest BCUT2D eigenvalue weighted by Crippen LogP contribution is -2.45. The fourth-order valence-electron chi connectivity index (χ4n) is 4.96. The maximum absolute atomic E-state index is 12.6. The van der Waals surface area contributed by atoms with Gasteiger partial charge in [-0.05, 0) is 81.0 Å². The molecule has 2 aromatic rings. The minimum atomic E-state index is -2.89. The number of anilines is 3. The van der Waals surface area contributed by atoms with E-state index >= 15 is 0 Å². The molecule has 0 aliphatic heterocycles. The fourth-order valence-corrected chi connectivity index (χ4v) is 4.96. The summed E-state index contributed by atoms with van der Waals surface area (Å²) in [5.41, 5.74) is 2.39. The summed E-state index contributed by atoms with van der Waals surface area (Å²) in [5.74, 6) is -0.917. The van der Waals surface area contributed by atoms with Gasteiger partial charge in [-0.2, -0.15) is 8.78 Å². The first-order chi connectivity index (χ1) is 17.1. The van der Waals surface area contributed by atoms with Crippen LogP contribution in [0.3, 0.4) is 0 Å². The molecular weight excluding hydrogens is 466 g/mol. The molecule has 0 bridgehead atoms. The SMILES string of the molecule is CC[C@H](CC(=O)O)c1ccc(N(CC(C)(C)O)C2CCCCC2)c(Nc2ccc(OC(F)F)cc2)c1. The lowest BCUT2D eigenvalue weighted by Gasteiger charge is -2.40. The van der Waals surface area contributed by atoms with E-state index in [4.69, 9.17) is 0 Å². The summed E-state index contributed by atoms with van der Waals surface area (Å²) in [7, 11) is 0. The summed E-state index contributed by atoms with van der Waals surface area (Å²) in [5, 5.41) is 23.6. The Kier molecular flexibility index (Phi) is 9.54. The summed E-state index contributed by atoms with van der Waals surface area (Å²) in [6.07, 6.45) is 6.26. The van der Waals surface area contributed by atoms with Gasteiger partial charge in [0, 0.05) is 18.3 Å². The minimum Gasteiger partial charge on any atom is -0.481 e. The molecule has 0 spiro atoms. The average Bonchev–Trinajstić information content (AvgIpc) is 2.82. The quantitative estimate of drug-likeness (QED) is 0.291. The van der Waals surface area contributed by atoms with Gasteiger partial charge in [-0.3, -0.25) is 4.79 Å². The first kappa shape index (κ1) is 27.7. The van der Waals surface area contributed by atoms with Crippen molar-refractivity contribution in [1.82, 2.24) is 0 Å². The summed E-state index contributed by atoms with van der Waals surface area (Å²) in [4.78, 5) is 13.7. The van der Waals surface area contributed by atoms with Gasteiger partial charge in [-0.25, -0.2) is 0 Å². The number of rotatable bonds is 12. The van der Waals surface area contributed by atoms with Crippen molar-refractivity contribution in [2.45, 2.75) is 89.9 Å². The molecule has 0 amide bonds. The summed E-state index contributed by atoms with van der Waals surface area (Å²) in [6.45, 7) is 3.12. The van der Waals surface area contributed by atoms with Crippen LogP contribution in [0.1, 0.15) is 77.2 Å². The standard InChI is InChI=1S/C28H38F2N2O4/c1-4-19(17-26(33)34)20-10-15-25(32(18-28(2,3)35)22-8-6-5-7-9-22)24(16-20)31-21-11-13-23(14-12-21)36-27(29)30/h10-16,19,22,27,31,35H,4-9,17-18H2,1-3H3,(H,33,34)/t19-/m1/s1. The number of ether oxygens (including phenoxy) is 1. The zero-order valence-corrected chi connectivity index (χ0v) is 21.3. The number of alkyl halides is 2. The van der Waals surface area contributed by atoms with E-state index in [0.29, 0.717) is 18.7 Å². The van der Waals surface area contributed by atoms with Gasteiger partial charge in [-0.1, -0.05) is 32.3 Å². The lowest BCUT2D eigenvalue weighted by atomic mass is 9.90. The number of hydrogen-bond donors (Lipinski definition) is 3. The molecule has 36 heavy (non-hydrogen) atoms. The second kappa shape index (κ2) is 12.4. The third-order valence-corrected chi connectivity index (χ3v) is 6.65. The molecule has 0 radical (unpaired) electrons. The smallest absolute Gasteiger partial charge is 0.387 e. The number of hydrogen-bond acceptors (Lipinski definition) is 5. The van der Waals surface area contributed by atoms with Crippen LogP contribution < -0.4 is 15.0 Å². The predicted molar refractivity (Wildman–Crippen MR) is 139 cm³/mol. The van der Waals surface area contributed by atoms with Crippen LogP contribution in [0.25, 0.3) is 0 Å². The highest BCUT2D eigenvalue weighted by Crippen LogP contribution is 2.38. The van der Waals surface area contributed by atoms with Gasteiger partial charge in [0.15, 0.2) is 0 Å². The van der Waals surface area contributed by atoms with Crippen LogP contribution >= 0.6 is 0 Å². The molecule has 0 unspecified atom stereocenters. The molecule has 198 valence electrons. The van der Waals surface area contributed by atoms with Crippen molar-refractivity contribution in [3.8, 4) is 5.75 Å². The Labute approximate surface area is 212 Å². The van der Waals surface area contributed by atoms with Gasteiger partial charge in [0.2, 0.25) is 0 Å². The van der Waals surface area contributed by atoms with Crippen LogP contribution in [0, 0.1) is 0 Å². The number of aliphatic hydroxyl groups is 1. The van der Waals surface area contributed by atoms with Crippen molar-refractivity contribution < 1.29 is 28.5 Å². The normalized spacial score (nSPS) is 15.5. The molecule has 1 fully saturated rings. The van der Waals surface area contributed by atoms with Crippen molar-refractivity contribution in [2.24, 2.45) is 0 Å². The molecule has 3 rings (SSSR count). The van der Waals surface area contributed by atoms with E-state index in [1.807, 2.05) is 25.1 Å². The van der Waals surface area contributed by atoms with Crippen LogP contribution in [0.4, 0.5) is 25.8 Å². The molecule has 1 atom stereocenters. The highest BCUT2D eigenvalue weighted by molar-refractivity contribution is 5.77. The molecule has 8 heteroatoms. The Morgan fingerprint density at radius 3 is 2.36 bits per heavy atom. The van der Waals surface area contributed by atoms with Gasteiger partial charge in [0.25, 0.3) is 0 Å². The molecule has 1 aliphatic carbocycles. The lowest BCUT2D eigenvalue weighted by molar-refractivity contribution is -0.137. The Balaban J connectivity index is 2.02. The van der Waals surface area contributed by atoms with E-state index in [1.54, 1.807) is 26.0 Å². The Bertz CT molecular complexity index is 986. The van der Waals surface area contributed by atoms with Crippen molar-refractivity contribution >= 4 is 23.0 Å². The third-order valence-electron chi connectivity index (χ3n) is 6.65. The van der Waals surface area contributed by atoms with Crippen LogP contribution in [-0.4, -0.2) is 41.0 Å². The van der Waals surface area contributed by atoms with Crippen molar-refractivity contribution in [3.63, 3.8) is 0 Å². The van der Waals surface area contributed by atoms with Crippen LogP contribution in [0.15, 0.2) is 42.5 Å². The molecule has 2 aromatic carbocycles. The second-order valence-electron chi connectivity index (χ2n) is 10.2. The Hall–Kier alpha value is -2.87. The molecule has 0 aromatic heterocycles. The zero-order valence-electron chi connectivity index (χ0n) is 21.3. The van der Waals surface area contributed by atoms with Crippen molar-refractivity contribution in [2.75, 3.05) is 16.8 Å². The van der Waals surface area contributed by atoms with Gasteiger partial charge in [-0.15, -0.1) is 0 Å². The van der Waals surface area contributed by atoms with E-state index in [-0.39, 0.29) is 24.1 Å². The number of nitrogens with one attached hydrogen (secondary N) is 1. The largest absolute Gasteiger partial charge is 0.481 e. The van der Waals surface area contributed by atoms with Crippen LogP contribution in [0.2, 0.25) is 0 Å². The molecule has 0 heterocycles. The van der Waals surface area contributed by atoms with E-state index in [2.05, 4.69) is 15.0 Å². The topological polar surface area (TPSA) is 82.0 Å². The third kappa shape index (κ3) is 8.08. The van der Waals surface area contributed by atoms with E-state index in [1.165, 1.54) is 18.6 Å². The maximum atomic E-state index is 12.6. The number of benzene rings is 2. The zero-order chi connectivity index (χ0) is 26.3. The molecular formula is C28H38F2N2O4. The molecule has 1 aliphatic rings. The number of carboxylic acid groups (broad SMARTS) is 1. The fraction of sp³-hybridized carbons (Fsp3) is 0.536. The number of aliphatic carboxylic acids is 1. The summed E-state index contributed by atoms with van der Waals surface area (Å²) < 4.78 is 29.6. The van der Waals surface area contributed by atoms with Gasteiger partial charge in [0.05, 0.1) is 23.4 Å². The number of halogens is 2. The molecule has 3 N–H and O–H groups in total. The number of carboxylic acids is 1. The van der Waals surface area contributed by atoms with Crippen molar-refractivity contribution in [1.29, 1.82) is 0 Å². The van der Waals surface area contributed by atoms with Gasteiger partial charge in [0.1, 0.15) is 5.75 Å². The number of nitrogens with zero attached hydrogens (tertiary/aromatic N) is 1. The first-order valence-corrected chi connectivity index (χ1v) is 12.7. The van der Waals surface area contributed by atoms with E-state index < -0.39 is 18.2 Å². The van der Waals surface area contributed by atoms with E-state index in [0.717, 1.165) is 42.6 Å². The predicted octanol–water partition coefficient (Wildman–Crippen LogP) is 6.91. The van der Waals surface area contributed by atoms with Crippen LogP contribution in [0.5, 0.6) is 5.75 Å². The monoisotopic (exact) mass is 504 g/mol. The molecule has 6 nitrogen and oxygen atoms in total. The Morgan fingerprint density at radius 2 is 1.81 bits per heavy atom. The average molecular weight is 505 g/mol. The second-order valence-corrected chi connectivity index (χ2v) is 10.2. The van der Waals surface area contributed by atoms with Crippen molar-refractivity contribution in [3.05, 3.63) is 48.0 Å². The molecule has 1 saturated carbocycles. The summed E-state index contributed by atoms with van der Waals surface area (Å²) >= 11 is 0.